The molecule has 1 atom stereocenters. The molecule has 1 aromatic heterocycles. The quantitative estimate of drug-likeness (QED) is 0.450. The van der Waals surface area contributed by atoms with Crippen LogP contribution in [0.2, 0.25) is 0 Å². The van der Waals surface area contributed by atoms with Crippen LogP contribution in [0.5, 0.6) is 5.88 Å². The number of ether oxygens (including phenoxy) is 2. The van der Waals surface area contributed by atoms with Gasteiger partial charge in [0.05, 0.1) is 4.88 Å². The molecule has 0 radical (unpaired) electrons. The van der Waals surface area contributed by atoms with Crippen LogP contribution in [-0.2, 0) is 29.0 Å². The lowest BCUT2D eigenvalue weighted by Gasteiger charge is -2.22. The van der Waals surface area contributed by atoms with Crippen molar-refractivity contribution >= 4 is 23.6 Å². The highest BCUT2D eigenvalue weighted by Gasteiger charge is 2.31. The number of aliphatic carboxylic acids is 1. The van der Waals surface area contributed by atoms with Crippen LogP contribution in [0.1, 0.15) is 48.4 Å². The zero-order valence-corrected chi connectivity index (χ0v) is 19.7. The number of benzene rings is 2. The van der Waals surface area contributed by atoms with Crippen molar-refractivity contribution in [1.29, 1.82) is 0 Å². The monoisotopic (exact) mass is 468 g/mol. The van der Waals surface area contributed by atoms with E-state index < -0.39 is 23.7 Å². The van der Waals surface area contributed by atoms with Crippen LogP contribution < -0.4 is 10.1 Å². The lowest BCUT2D eigenvalue weighted by atomic mass is 10.0. The lowest BCUT2D eigenvalue weighted by Crippen LogP contribution is -2.38. The van der Waals surface area contributed by atoms with Crippen molar-refractivity contribution in [3.63, 3.8) is 0 Å². The largest absolute Gasteiger partial charge is 0.479 e. The zero-order valence-electron chi connectivity index (χ0n) is 18.9. The fourth-order valence-electron chi connectivity index (χ4n) is 3.18. The number of carbonyl (C=O) groups is 2. The smallest absolute Gasteiger partial charge is 0.408 e. The van der Waals surface area contributed by atoms with E-state index in [1.807, 2.05) is 60.7 Å². The number of alkyl carbamates (subject to hydrolysis) is 1. The Kier molecular flexibility index (Phi) is 8.06. The Bertz CT molecular complexity index is 1060. The van der Waals surface area contributed by atoms with Crippen LogP contribution in [0.3, 0.4) is 0 Å². The van der Waals surface area contributed by atoms with E-state index in [-0.39, 0.29) is 0 Å². The average Bonchev–Trinajstić information content (AvgIpc) is 3.17. The van der Waals surface area contributed by atoms with E-state index in [4.69, 9.17) is 9.47 Å². The second-order valence-electron chi connectivity index (χ2n) is 8.51. The molecule has 0 bridgehead atoms. The number of rotatable bonds is 9. The standard InChI is InChI=1S/C25H28N2O5S/c1-25(2,3)32-24(30)26-20(23(28)29)21-19(15-14-17-10-6-4-7-11-17)22(27-33-21)31-16-18-12-8-5-9-13-18/h4-13,20H,14-16H2,1-3H3,(H,26,30)(H,28,29). The van der Waals surface area contributed by atoms with Gasteiger partial charge in [0.15, 0.2) is 6.04 Å². The third kappa shape index (κ3) is 7.32. The first-order valence-corrected chi connectivity index (χ1v) is 11.4. The van der Waals surface area contributed by atoms with Gasteiger partial charge in [0, 0.05) is 5.56 Å². The average molecular weight is 469 g/mol. The fourth-order valence-corrected chi connectivity index (χ4v) is 4.09. The molecule has 3 rings (SSSR count). The van der Waals surface area contributed by atoms with E-state index in [1.165, 1.54) is 0 Å². The Morgan fingerprint density at radius 2 is 1.61 bits per heavy atom. The van der Waals surface area contributed by atoms with E-state index in [0.717, 1.165) is 22.7 Å². The third-order valence-electron chi connectivity index (χ3n) is 4.68. The number of amides is 1. The molecular formula is C25H28N2O5S. The number of aryl methyl sites for hydroxylation is 1. The molecule has 2 N–H and O–H groups in total. The molecule has 0 aliphatic rings. The van der Waals surface area contributed by atoms with Gasteiger partial charge < -0.3 is 19.9 Å². The number of carbonyl (C=O) groups excluding carboxylic acids is 1. The summed E-state index contributed by atoms with van der Waals surface area (Å²) in [5.74, 6) is -0.813. The van der Waals surface area contributed by atoms with E-state index >= 15 is 0 Å². The van der Waals surface area contributed by atoms with Gasteiger partial charge in [-0.25, -0.2) is 9.59 Å². The molecule has 0 aliphatic heterocycles. The molecule has 1 unspecified atom stereocenters. The van der Waals surface area contributed by atoms with Crippen LogP contribution >= 0.6 is 11.5 Å². The topological polar surface area (TPSA) is 97.8 Å². The molecule has 0 saturated heterocycles. The Morgan fingerprint density at radius 3 is 2.18 bits per heavy atom. The minimum atomic E-state index is -1.29. The molecule has 0 spiro atoms. The number of hydrogen-bond acceptors (Lipinski definition) is 6. The summed E-state index contributed by atoms with van der Waals surface area (Å²) < 4.78 is 15.6. The summed E-state index contributed by atoms with van der Waals surface area (Å²) in [5.41, 5.74) is 2.00. The Morgan fingerprint density at radius 1 is 1.00 bits per heavy atom. The molecule has 7 nitrogen and oxygen atoms in total. The highest BCUT2D eigenvalue weighted by Crippen LogP contribution is 2.33. The van der Waals surface area contributed by atoms with Crippen molar-refractivity contribution in [2.45, 2.75) is 51.9 Å². The molecule has 1 heterocycles. The van der Waals surface area contributed by atoms with Crippen LogP contribution in [0, 0.1) is 0 Å². The fraction of sp³-hybridized carbons (Fsp3) is 0.320. The van der Waals surface area contributed by atoms with Crippen molar-refractivity contribution in [3.05, 3.63) is 82.2 Å². The molecule has 0 saturated carbocycles. The molecule has 2 aromatic carbocycles. The molecule has 0 aliphatic carbocycles. The predicted molar refractivity (Wildman–Crippen MR) is 126 cm³/mol. The SMILES string of the molecule is CC(C)(C)OC(=O)NC(C(=O)O)c1snc(OCc2ccccc2)c1CCc1ccccc1. The molecular weight excluding hydrogens is 440 g/mol. The normalized spacial score (nSPS) is 12.1. The van der Waals surface area contributed by atoms with Crippen molar-refractivity contribution in [1.82, 2.24) is 9.69 Å². The summed E-state index contributed by atoms with van der Waals surface area (Å²) in [4.78, 5) is 24.8. The number of hydrogen-bond donors (Lipinski definition) is 2. The number of nitrogens with one attached hydrogen (secondary N) is 1. The Hall–Kier alpha value is -3.39. The van der Waals surface area contributed by atoms with Gasteiger partial charge >= 0.3 is 12.1 Å². The van der Waals surface area contributed by atoms with Crippen molar-refractivity contribution in [2.24, 2.45) is 0 Å². The van der Waals surface area contributed by atoms with Gasteiger partial charge in [-0.15, -0.1) is 0 Å². The maximum absolute atomic E-state index is 12.3. The molecule has 1 amide bonds. The summed E-state index contributed by atoms with van der Waals surface area (Å²) in [7, 11) is 0. The minimum Gasteiger partial charge on any atom is -0.479 e. The second-order valence-corrected chi connectivity index (χ2v) is 9.31. The van der Waals surface area contributed by atoms with Gasteiger partial charge in [-0.3, -0.25) is 0 Å². The van der Waals surface area contributed by atoms with Crippen LogP contribution in [0.15, 0.2) is 60.7 Å². The number of carboxylic acid groups (broad SMARTS) is 1. The molecule has 174 valence electrons. The van der Waals surface area contributed by atoms with E-state index in [2.05, 4.69) is 9.69 Å². The van der Waals surface area contributed by atoms with Gasteiger partial charge in [0.1, 0.15) is 12.2 Å². The first-order valence-electron chi connectivity index (χ1n) is 10.6. The van der Waals surface area contributed by atoms with Crippen molar-refractivity contribution < 1.29 is 24.2 Å². The van der Waals surface area contributed by atoms with Crippen molar-refractivity contribution in [3.8, 4) is 5.88 Å². The van der Waals surface area contributed by atoms with E-state index in [1.54, 1.807) is 20.8 Å². The molecule has 0 fully saturated rings. The number of nitrogens with zero attached hydrogens (tertiary/aromatic N) is 1. The van der Waals surface area contributed by atoms with Gasteiger partial charge in [0.25, 0.3) is 0 Å². The first kappa shape index (κ1) is 24.3. The Balaban J connectivity index is 1.86. The maximum Gasteiger partial charge on any atom is 0.408 e. The highest BCUT2D eigenvalue weighted by molar-refractivity contribution is 7.06. The van der Waals surface area contributed by atoms with Crippen LogP contribution in [0.25, 0.3) is 0 Å². The van der Waals surface area contributed by atoms with Gasteiger partial charge in [-0.1, -0.05) is 60.7 Å². The van der Waals surface area contributed by atoms with Gasteiger partial charge in [0.2, 0.25) is 5.88 Å². The van der Waals surface area contributed by atoms with Gasteiger partial charge in [-0.05, 0) is 56.3 Å². The summed E-state index contributed by atoms with van der Waals surface area (Å²) in [5, 5.41) is 12.3. The number of aromatic nitrogens is 1. The molecule has 33 heavy (non-hydrogen) atoms. The zero-order chi connectivity index (χ0) is 23.8. The maximum atomic E-state index is 12.3. The van der Waals surface area contributed by atoms with E-state index in [0.29, 0.717) is 35.8 Å². The third-order valence-corrected chi connectivity index (χ3v) is 5.61. The number of carboxylic acids is 1. The summed E-state index contributed by atoms with van der Waals surface area (Å²) in [6, 6.07) is 18.3. The summed E-state index contributed by atoms with van der Waals surface area (Å²) in [6.07, 6.45) is 0.385. The van der Waals surface area contributed by atoms with Crippen LogP contribution in [0.4, 0.5) is 4.79 Å². The first-order chi connectivity index (χ1) is 15.7. The molecule has 3 aromatic rings. The predicted octanol–water partition coefficient (Wildman–Crippen LogP) is 5.16. The minimum absolute atomic E-state index is 0.305. The van der Waals surface area contributed by atoms with Gasteiger partial charge in [-0.2, -0.15) is 4.37 Å². The summed E-state index contributed by atoms with van der Waals surface area (Å²) in [6.45, 7) is 5.46. The molecule has 8 heteroatoms. The lowest BCUT2D eigenvalue weighted by molar-refractivity contribution is -0.139. The Labute approximate surface area is 197 Å². The van der Waals surface area contributed by atoms with E-state index in [9.17, 15) is 14.7 Å². The van der Waals surface area contributed by atoms with Crippen LogP contribution in [-0.4, -0.2) is 27.1 Å². The highest BCUT2D eigenvalue weighted by atomic mass is 32.1. The summed E-state index contributed by atoms with van der Waals surface area (Å²) >= 11 is 1.02. The van der Waals surface area contributed by atoms with Crippen molar-refractivity contribution in [2.75, 3.05) is 0 Å². The second kappa shape index (κ2) is 11.0.